The number of fused-ring (bicyclic) bond motifs is 1. The lowest BCUT2D eigenvalue weighted by molar-refractivity contribution is -0.0278. The smallest absolute Gasteiger partial charge is 0.152 e. The fourth-order valence-electron chi connectivity index (χ4n) is 4.42. The molecule has 0 aliphatic carbocycles. The molecule has 0 atom stereocenters. The van der Waals surface area contributed by atoms with E-state index < -0.39 is 11.6 Å². The second-order valence-electron chi connectivity index (χ2n) is 9.14. The van der Waals surface area contributed by atoms with Gasteiger partial charge in [0.05, 0.1) is 45.9 Å². The van der Waals surface area contributed by atoms with Gasteiger partial charge < -0.3 is 15.0 Å². The maximum Gasteiger partial charge on any atom is 0.152 e. The van der Waals surface area contributed by atoms with Crippen LogP contribution in [0.15, 0.2) is 53.3 Å². The standard InChI is InChI=1S/C26H24BrF2N5O/c1-15-23(19-6-4-5-7-30-19)32-20-12-17(28)11-18(29)22(20)24(15)33-21-10-16(27)13-31-25(21)34-8-9-35-26(2,3)14-34/h4-7,10-13H,8-9,14H2,1-3H3,(H,32,33). The van der Waals surface area contributed by atoms with Crippen molar-refractivity contribution < 1.29 is 13.5 Å². The van der Waals surface area contributed by atoms with E-state index in [1.807, 2.05) is 45.0 Å². The minimum Gasteiger partial charge on any atom is -0.372 e. The molecule has 1 saturated heterocycles. The molecule has 1 aliphatic heterocycles. The fourth-order valence-corrected chi connectivity index (χ4v) is 4.75. The third-order valence-corrected chi connectivity index (χ3v) is 6.41. The van der Waals surface area contributed by atoms with E-state index in [-0.39, 0.29) is 16.5 Å². The molecule has 180 valence electrons. The van der Waals surface area contributed by atoms with Crippen molar-refractivity contribution in [2.75, 3.05) is 29.9 Å². The average molecular weight is 540 g/mol. The summed E-state index contributed by atoms with van der Waals surface area (Å²) in [6.07, 6.45) is 3.40. The van der Waals surface area contributed by atoms with E-state index in [2.05, 4.69) is 41.1 Å². The highest BCUT2D eigenvalue weighted by atomic mass is 79.9. The molecular formula is C26H24BrF2N5O. The second-order valence-corrected chi connectivity index (χ2v) is 10.1. The molecule has 0 radical (unpaired) electrons. The molecule has 6 nitrogen and oxygen atoms in total. The van der Waals surface area contributed by atoms with Gasteiger partial charge in [0.2, 0.25) is 0 Å². The molecule has 1 aromatic carbocycles. The third-order valence-electron chi connectivity index (χ3n) is 5.97. The van der Waals surface area contributed by atoms with Gasteiger partial charge in [0.1, 0.15) is 11.6 Å². The van der Waals surface area contributed by atoms with Crippen LogP contribution in [0.5, 0.6) is 0 Å². The van der Waals surface area contributed by atoms with Gasteiger partial charge in [-0.15, -0.1) is 0 Å². The molecule has 0 bridgehead atoms. The van der Waals surface area contributed by atoms with Gasteiger partial charge >= 0.3 is 0 Å². The number of hydrogen-bond acceptors (Lipinski definition) is 6. The minimum absolute atomic E-state index is 0.202. The first kappa shape index (κ1) is 23.6. The van der Waals surface area contributed by atoms with Gasteiger partial charge in [0, 0.05) is 47.7 Å². The molecule has 4 heterocycles. The zero-order chi connectivity index (χ0) is 24.7. The van der Waals surface area contributed by atoms with Crippen molar-refractivity contribution in [1.82, 2.24) is 15.0 Å². The monoisotopic (exact) mass is 539 g/mol. The number of rotatable bonds is 4. The number of nitrogens with one attached hydrogen (secondary N) is 1. The molecule has 1 N–H and O–H groups in total. The maximum atomic E-state index is 15.2. The summed E-state index contributed by atoms with van der Waals surface area (Å²) in [4.78, 5) is 15.8. The van der Waals surface area contributed by atoms with Gasteiger partial charge in [0.25, 0.3) is 0 Å². The van der Waals surface area contributed by atoms with Crippen LogP contribution in [0.3, 0.4) is 0 Å². The van der Waals surface area contributed by atoms with Crippen molar-refractivity contribution in [3.63, 3.8) is 0 Å². The molecule has 4 aromatic rings. The molecule has 5 rings (SSSR count). The van der Waals surface area contributed by atoms with E-state index >= 15 is 4.39 Å². The Morgan fingerprint density at radius 1 is 1.14 bits per heavy atom. The summed E-state index contributed by atoms with van der Waals surface area (Å²) in [5.74, 6) is -0.664. The predicted molar refractivity (Wildman–Crippen MR) is 137 cm³/mol. The normalized spacial score (nSPS) is 15.4. The number of benzene rings is 1. The number of pyridine rings is 3. The van der Waals surface area contributed by atoms with Crippen molar-refractivity contribution in [3.05, 3.63) is 70.5 Å². The molecular weight excluding hydrogens is 516 g/mol. The lowest BCUT2D eigenvalue weighted by Crippen LogP contribution is -2.48. The van der Waals surface area contributed by atoms with Crippen molar-refractivity contribution in [3.8, 4) is 11.4 Å². The number of halogens is 3. The molecule has 0 saturated carbocycles. The highest BCUT2D eigenvalue weighted by Crippen LogP contribution is 2.39. The Kier molecular flexibility index (Phi) is 6.14. The fraction of sp³-hybridized carbons (Fsp3) is 0.269. The van der Waals surface area contributed by atoms with Crippen LogP contribution >= 0.6 is 15.9 Å². The number of nitrogens with zero attached hydrogens (tertiary/aromatic N) is 4. The Hall–Kier alpha value is -3.17. The molecule has 9 heteroatoms. The molecule has 0 amide bonds. The Morgan fingerprint density at radius 2 is 1.97 bits per heavy atom. The van der Waals surface area contributed by atoms with Crippen molar-refractivity contribution in [1.29, 1.82) is 0 Å². The minimum atomic E-state index is -0.692. The van der Waals surface area contributed by atoms with Gasteiger partial charge in [-0.25, -0.2) is 18.7 Å². The van der Waals surface area contributed by atoms with Crippen LogP contribution < -0.4 is 10.2 Å². The first-order chi connectivity index (χ1) is 16.7. The Balaban J connectivity index is 1.70. The average Bonchev–Trinajstić information content (AvgIpc) is 2.80. The SMILES string of the molecule is Cc1c(-c2ccccn2)nc2cc(F)cc(F)c2c1Nc1cc(Br)cnc1N1CCOC(C)(C)C1. The number of morpholine rings is 1. The maximum absolute atomic E-state index is 15.2. The Bertz CT molecular complexity index is 1410. The second kappa shape index (κ2) is 9.13. The molecule has 1 fully saturated rings. The van der Waals surface area contributed by atoms with Crippen LogP contribution in [0.1, 0.15) is 19.4 Å². The summed E-state index contributed by atoms with van der Waals surface area (Å²) in [5.41, 5.74) is 2.89. The molecule has 35 heavy (non-hydrogen) atoms. The van der Waals surface area contributed by atoms with Crippen molar-refractivity contribution >= 4 is 44.0 Å². The van der Waals surface area contributed by atoms with Gasteiger partial charge in [-0.3, -0.25) is 4.98 Å². The van der Waals surface area contributed by atoms with E-state index in [9.17, 15) is 4.39 Å². The quantitative estimate of drug-likeness (QED) is 0.323. The van der Waals surface area contributed by atoms with Crippen LogP contribution in [0.2, 0.25) is 0 Å². The van der Waals surface area contributed by atoms with Crippen LogP contribution in [0.25, 0.3) is 22.3 Å². The number of ether oxygens (including phenoxy) is 1. The predicted octanol–water partition coefficient (Wildman–Crippen LogP) is 6.40. The topological polar surface area (TPSA) is 63.2 Å². The number of hydrogen-bond donors (Lipinski definition) is 1. The Labute approximate surface area is 210 Å². The lowest BCUT2D eigenvalue weighted by Gasteiger charge is -2.39. The third kappa shape index (κ3) is 4.70. The number of anilines is 3. The van der Waals surface area contributed by atoms with Gasteiger partial charge in [-0.2, -0.15) is 0 Å². The summed E-state index contributed by atoms with van der Waals surface area (Å²) >= 11 is 3.51. The summed E-state index contributed by atoms with van der Waals surface area (Å²) in [6, 6.07) is 9.49. The van der Waals surface area contributed by atoms with E-state index in [1.165, 1.54) is 6.07 Å². The summed E-state index contributed by atoms with van der Waals surface area (Å²) in [6.45, 7) is 7.81. The van der Waals surface area contributed by atoms with Crippen LogP contribution in [-0.4, -0.2) is 40.2 Å². The van der Waals surface area contributed by atoms with Crippen molar-refractivity contribution in [2.45, 2.75) is 26.4 Å². The first-order valence-electron chi connectivity index (χ1n) is 11.2. The van der Waals surface area contributed by atoms with E-state index in [0.717, 1.165) is 16.4 Å². The van der Waals surface area contributed by atoms with Crippen LogP contribution in [-0.2, 0) is 4.74 Å². The number of aromatic nitrogens is 3. The van der Waals surface area contributed by atoms with Gasteiger partial charge in [-0.1, -0.05) is 6.07 Å². The summed E-state index contributed by atoms with van der Waals surface area (Å²) < 4.78 is 36.0. The zero-order valence-corrected chi connectivity index (χ0v) is 21.2. The highest BCUT2D eigenvalue weighted by Gasteiger charge is 2.29. The molecule has 3 aromatic heterocycles. The molecule has 0 unspecified atom stereocenters. The molecule has 1 aliphatic rings. The molecule has 0 spiro atoms. The van der Waals surface area contributed by atoms with Crippen LogP contribution in [0.4, 0.5) is 26.0 Å². The van der Waals surface area contributed by atoms with Crippen molar-refractivity contribution in [2.24, 2.45) is 0 Å². The van der Waals surface area contributed by atoms with Crippen LogP contribution in [0, 0.1) is 18.6 Å². The lowest BCUT2D eigenvalue weighted by atomic mass is 10.0. The Morgan fingerprint density at radius 3 is 2.71 bits per heavy atom. The van der Waals surface area contributed by atoms with E-state index in [0.29, 0.717) is 48.0 Å². The van der Waals surface area contributed by atoms with Gasteiger partial charge in [0.15, 0.2) is 5.82 Å². The van der Waals surface area contributed by atoms with Gasteiger partial charge in [-0.05, 0) is 54.9 Å². The largest absolute Gasteiger partial charge is 0.372 e. The highest BCUT2D eigenvalue weighted by molar-refractivity contribution is 9.10. The van der Waals surface area contributed by atoms with E-state index in [4.69, 9.17) is 4.74 Å². The summed E-state index contributed by atoms with van der Waals surface area (Å²) in [5, 5.41) is 3.62. The summed E-state index contributed by atoms with van der Waals surface area (Å²) in [7, 11) is 0. The first-order valence-corrected chi connectivity index (χ1v) is 12.0. The zero-order valence-electron chi connectivity index (χ0n) is 19.6. The van der Waals surface area contributed by atoms with E-state index in [1.54, 1.807) is 12.4 Å².